The van der Waals surface area contributed by atoms with Crippen molar-refractivity contribution in [2.24, 2.45) is 0 Å². The van der Waals surface area contributed by atoms with Crippen molar-refractivity contribution < 1.29 is 9.59 Å². The summed E-state index contributed by atoms with van der Waals surface area (Å²) in [5, 5.41) is 10.6. The van der Waals surface area contributed by atoms with E-state index in [9.17, 15) is 9.59 Å². The number of nitrogens with zero attached hydrogens (tertiary/aromatic N) is 8. The van der Waals surface area contributed by atoms with Gasteiger partial charge in [0.1, 0.15) is 12.1 Å². The van der Waals surface area contributed by atoms with Crippen LogP contribution in [0, 0.1) is 0 Å². The SMILES string of the molecule is CNC(=O)N1CCN(c2ccc(Nc3ncn(-c4ccnc(N5CCCN(C(C)=O)CC5)c4)n3)cc2)CC1. The van der Waals surface area contributed by atoms with E-state index in [4.69, 9.17) is 0 Å². The average Bonchev–Trinajstić information content (AvgIpc) is 3.27. The number of carbonyl (C=O) groups excluding carboxylic acids is 2. The Kier molecular flexibility index (Phi) is 7.57. The standard InChI is InChI=1S/C26H34N10O2/c1-20(37)32-10-3-11-34(15-12-32)24-18-23(8-9-28-24)36-19-29-25(31-36)30-21-4-6-22(7-5-21)33-13-16-35(17-14-33)26(38)27-2/h4-9,18-19H,3,10-17H2,1-2H3,(H,27,38)(H,30,31). The fraction of sp³-hybridized carbons (Fsp3) is 0.423. The molecule has 2 saturated heterocycles. The summed E-state index contributed by atoms with van der Waals surface area (Å²) >= 11 is 0. The molecule has 5 rings (SSSR count). The highest BCUT2D eigenvalue weighted by Gasteiger charge is 2.21. The van der Waals surface area contributed by atoms with Gasteiger partial charge in [0.15, 0.2) is 0 Å². The fourth-order valence-corrected chi connectivity index (χ4v) is 4.84. The second-order valence-corrected chi connectivity index (χ2v) is 9.43. The molecule has 2 N–H and O–H groups in total. The maximum atomic E-state index is 11.8. The molecule has 0 aliphatic carbocycles. The van der Waals surface area contributed by atoms with Crippen LogP contribution in [0.25, 0.3) is 5.69 Å². The maximum Gasteiger partial charge on any atom is 0.317 e. The summed E-state index contributed by atoms with van der Waals surface area (Å²) in [7, 11) is 1.66. The zero-order chi connectivity index (χ0) is 26.5. The molecule has 0 atom stereocenters. The molecule has 0 saturated carbocycles. The van der Waals surface area contributed by atoms with E-state index < -0.39 is 0 Å². The van der Waals surface area contributed by atoms with Gasteiger partial charge in [0.2, 0.25) is 11.9 Å². The van der Waals surface area contributed by atoms with Crippen LogP contribution in [0.5, 0.6) is 0 Å². The van der Waals surface area contributed by atoms with Crippen LogP contribution in [-0.2, 0) is 4.79 Å². The molecule has 2 aliphatic heterocycles. The van der Waals surface area contributed by atoms with E-state index in [1.165, 1.54) is 0 Å². The van der Waals surface area contributed by atoms with Crippen LogP contribution in [0.4, 0.5) is 27.9 Å². The third kappa shape index (κ3) is 5.79. The van der Waals surface area contributed by atoms with Gasteiger partial charge in [-0.3, -0.25) is 4.79 Å². The van der Waals surface area contributed by atoms with Crippen molar-refractivity contribution in [2.45, 2.75) is 13.3 Å². The largest absolute Gasteiger partial charge is 0.368 e. The molecule has 2 aromatic heterocycles. The number of piperazine rings is 1. The van der Waals surface area contributed by atoms with Gasteiger partial charge in [-0.2, -0.15) is 4.98 Å². The molecular weight excluding hydrogens is 484 g/mol. The van der Waals surface area contributed by atoms with Crippen LogP contribution in [0.1, 0.15) is 13.3 Å². The van der Waals surface area contributed by atoms with Gasteiger partial charge in [0.05, 0.1) is 5.69 Å². The van der Waals surface area contributed by atoms with Gasteiger partial charge in [0.25, 0.3) is 0 Å². The van der Waals surface area contributed by atoms with Crippen molar-refractivity contribution in [3.63, 3.8) is 0 Å². The second-order valence-electron chi connectivity index (χ2n) is 9.43. The van der Waals surface area contributed by atoms with Gasteiger partial charge in [-0.1, -0.05) is 0 Å². The maximum absolute atomic E-state index is 11.8. The number of aromatic nitrogens is 4. The van der Waals surface area contributed by atoms with Gasteiger partial charge in [-0.25, -0.2) is 14.5 Å². The zero-order valence-corrected chi connectivity index (χ0v) is 21.9. The van der Waals surface area contributed by atoms with E-state index >= 15 is 0 Å². The van der Waals surface area contributed by atoms with Gasteiger partial charge in [-0.05, 0) is 36.8 Å². The van der Waals surface area contributed by atoms with Crippen molar-refractivity contribution in [3.8, 4) is 5.69 Å². The third-order valence-corrected chi connectivity index (χ3v) is 7.02. The summed E-state index contributed by atoms with van der Waals surface area (Å²) in [6, 6.07) is 12.0. The van der Waals surface area contributed by atoms with Crippen LogP contribution >= 0.6 is 0 Å². The van der Waals surface area contributed by atoms with E-state index in [2.05, 4.69) is 47.6 Å². The second kappa shape index (κ2) is 11.4. The molecule has 0 radical (unpaired) electrons. The van der Waals surface area contributed by atoms with Gasteiger partial charge >= 0.3 is 6.03 Å². The minimum absolute atomic E-state index is 0.0259. The predicted molar refractivity (Wildman–Crippen MR) is 146 cm³/mol. The normalized spacial score (nSPS) is 16.3. The molecule has 12 heteroatoms. The molecule has 3 amide bonds. The number of hydrogen-bond acceptors (Lipinski definition) is 8. The highest BCUT2D eigenvalue weighted by Crippen LogP contribution is 2.22. The summed E-state index contributed by atoms with van der Waals surface area (Å²) in [4.78, 5) is 40.8. The number of pyridine rings is 1. The summed E-state index contributed by atoms with van der Waals surface area (Å²) in [6.45, 7) is 7.70. The number of hydrogen-bond donors (Lipinski definition) is 2. The predicted octanol–water partition coefficient (Wildman–Crippen LogP) is 1.93. The summed E-state index contributed by atoms with van der Waals surface area (Å²) in [5.41, 5.74) is 2.88. The molecule has 12 nitrogen and oxygen atoms in total. The minimum Gasteiger partial charge on any atom is -0.368 e. The number of carbonyl (C=O) groups is 2. The lowest BCUT2D eigenvalue weighted by molar-refractivity contribution is -0.128. The van der Waals surface area contributed by atoms with Gasteiger partial charge in [-0.15, -0.1) is 5.10 Å². The Bertz CT molecular complexity index is 1250. The average molecular weight is 519 g/mol. The van der Waals surface area contributed by atoms with E-state index in [-0.39, 0.29) is 11.9 Å². The van der Waals surface area contributed by atoms with Crippen LogP contribution in [-0.4, -0.2) is 101 Å². The van der Waals surface area contributed by atoms with Crippen LogP contribution in [0.15, 0.2) is 48.9 Å². The number of benzene rings is 1. The molecule has 0 unspecified atom stereocenters. The number of rotatable bonds is 5. The Morgan fingerprint density at radius 2 is 1.55 bits per heavy atom. The molecule has 2 aliphatic rings. The third-order valence-electron chi connectivity index (χ3n) is 7.02. The Labute approximate surface area is 222 Å². The highest BCUT2D eigenvalue weighted by molar-refractivity contribution is 5.74. The van der Waals surface area contributed by atoms with Crippen molar-refractivity contribution in [2.75, 3.05) is 74.5 Å². The Morgan fingerprint density at radius 1 is 0.816 bits per heavy atom. The van der Waals surface area contributed by atoms with Crippen molar-refractivity contribution in [3.05, 3.63) is 48.9 Å². The van der Waals surface area contributed by atoms with E-state index in [0.717, 1.165) is 62.0 Å². The van der Waals surface area contributed by atoms with Crippen LogP contribution in [0.3, 0.4) is 0 Å². The number of anilines is 4. The summed E-state index contributed by atoms with van der Waals surface area (Å²) in [6.07, 6.45) is 4.37. The van der Waals surface area contributed by atoms with E-state index in [1.807, 2.05) is 34.1 Å². The minimum atomic E-state index is -0.0259. The Balaban J connectivity index is 1.19. The molecule has 0 spiro atoms. The Morgan fingerprint density at radius 3 is 2.29 bits per heavy atom. The first-order valence-corrected chi connectivity index (χ1v) is 13.0. The Hall–Kier alpha value is -4.35. The van der Waals surface area contributed by atoms with Gasteiger partial charge in [0, 0.05) is 90.0 Å². The molecular formula is C26H34N10O2. The highest BCUT2D eigenvalue weighted by atomic mass is 16.2. The molecule has 4 heterocycles. The number of amides is 3. The molecule has 1 aromatic carbocycles. The van der Waals surface area contributed by atoms with E-state index in [0.29, 0.717) is 25.6 Å². The lowest BCUT2D eigenvalue weighted by atomic mass is 10.2. The first-order chi connectivity index (χ1) is 18.5. The lowest BCUT2D eigenvalue weighted by Gasteiger charge is -2.35. The molecule has 0 bridgehead atoms. The van der Waals surface area contributed by atoms with E-state index in [1.54, 1.807) is 31.2 Å². The smallest absolute Gasteiger partial charge is 0.317 e. The number of nitrogens with one attached hydrogen (secondary N) is 2. The van der Waals surface area contributed by atoms with Crippen LogP contribution < -0.4 is 20.4 Å². The van der Waals surface area contributed by atoms with Crippen molar-refractivity contribution in [1.82, 2.24) is 34.9 Å². The molecule has 3 aromatic rings. The lowest BCUT2D eigenvalue weighted by Crippen LogP contribution is -2.51. The van der Waals surface area contributed by atoms with Crippen molar-refractivity contribution >= 4 is 35.1 Å². The first kappa shape index (κ1) is 25.3. The molecule has 2 fully saturated rings. The summed E-state index contributed by atoms with van der Waals surface area (Å²) in [5.74, 6) is 1.48. The monoisotopic (exact) mass is 518 g/mol. The van der Waals surface area contributed by atoms with Crippen LogP contribution in [0.2, 0.25) is 0 Å². The van der Waals surface area contributed by atoms with Crippen molar-refractivity contribution in [1.29, 1.82) is 0 Å². The molecule has 38 heavy (non-hydrogen) atoms. The summed E-state index contributed by atoms with van der Waals surface area (Å²) < 4.78 is 1.73. The fourth-order valence-electron chi connectivity index (χ4n) is 4.84. The zero-order valence-electron chi connectivity index (χ0n) is 21.9. The first-order valence-electron chi connectivity index (χ1n) is 13.0. The quantitative estimate of drug-likeness (QED) is 0.527. The topological polar surface area (TPSA) is 115 Å². The number of urea groups is 1. The molecule has 200 valence electrons. The van der Waals surface area contributed by atoms with Gasteiger partial charge < -0.3 is 30.2 Å².